The molecule has 0 radical (unpaired) electrons. The molecule has 30 heavy (non-hydrogen) atoms. The highest BCUT2D eigenvalue weighted by atomic mass is 35.5. The number of pyridine rings is 1. The zero-order chi connectivity index (χ0) is 19.3. The molecule has 1 atom stereocenters. The van der Waals surface area contributed by atoms with Crippen LogP contribution in [-0.4, -0.2) is 40.4 Å². The van der Waals surface area contributed by atoms with Gasteiger partial charge in [0.25, 0.3) is 0 Å². The molecule has 0 saturated carbocycles. The summed E-state index contributed by atoms with van der Waals surface area (Å²) in [5, 5.41) is 3.97. The SMILES string of the molecule is Cl.Cl.O=C(CCc1ncc(-c2ccccc2Cl)o1)N1CCNCC1c1cccnc1. The van der Waals surface area contributed by atoms with E-state index in [-0.39, 0.29) is 36.8 Å². The Balaban J connectivity index is 0.00000160. The zero-order valence-corrected chi connectivity index (χ0v) is 18.6. The largest absolute Gasteiger partial charge is 0.441 e. The predicted octanol–water partition coefficient (Wildman–Crippen LogP) is 4.34. The molecule has 2 aromatic heterocycles. The summed E-state index contributed by atoms with van der Waals surface area (Å²) >= 11 is 6.21. The summed E-state index contributed by atoms with van der Waals surface area (Å²) in [6.07, 6.45) is 6.02. The Bertz CT molecular complexity index is 952. The van der Waals surface area contributed by atoms with Crippen molar-refractivity contribution in [3.63, 3.8) is 0 Å². The van der Waals surface area contributed by atoms with Gasteiger partial charge in [0.05, 0.1) is 17.3 Å². The lowest BCUT2D eigenvalue weighted by molar-refractivity contribution is -0.134. The van der Waals surface area contributed by atoms with E-state index in [1.165, 1.54) is 0 Å². The molecule has 1 aliphatic rings. The molecular weight excluding hydrogens is 447 g/mol. The highest BCUT2D eigenvalue weighted by Gasteiger charge is 2.28. The van der Waals surface area contributed by atoms with Gasteiger partial charge in [-0.05, 0) is 23.8 Å². The summed E-state index contributed by atoms with van der Waals surface area (Å²) in [7, 11) is 0. The average molecular weight is 470 g/mol. The molecule has 6 nitrogen and oxygen atoms in total. The van der Waals surface area contributed by atoms with E-state index >= 15 is 0 Å². The third kappa shape index (κ3) is 5.52. The van der Waals surface area contributed by atoms with Gasteiger partial charge in [0.15, 0.2) is 11.7 Å². The van der Waals surface area contributed by atoms with Crippen molar-refractivity contribution in [2.75, 3.05) is 19.6 Å². The first-order valence-electron chi connectivity index (χ1n) is 9.32. The first kappa shape index (κ1) is 24.2. The normalized spacial score (nSPS) is 15.8. The van der Waals surface area contributed by atoms with Crippen molar-refractivity contribution in [1.29, 1.82) is 0 Å². The highest BCUT2D eigenvalue weighted by molar-refractivity contribution is 6.33. The van der Waals surface area contributed by atoms with Crippen LogP contribution in [0.25, 0.3) is 11.3 Å². The molecule has 3 heterocycles. The molecule has 1 unspecified atom stereocenters. The second-order valence-electron chi connectivity index (χ2n) is 6.69. The number of nitrogens with one attached hydrogen (secondary N) is 1. The molecule has 4 rings (SSSR count). The maximum atomic E-state index is 12.9. The summed E-state index contributed by atoms with van der Waals surface area (Å²) in [5.41, 5.74) is 1.84. The van der Waals surface area contributed by atoms with Gasteiger partial charge < -0.3 is 14.6 Å². The quantitative estimate of drug-likeness (QED) is 0.602. The fourth-order valence-electron chi connectivity index (χ4n) is 3.44. The van der Waals surface area contributed by atoms with Crippen LogP contribution in [0.15, 0.2) is 59.4 Å². The molecule has 1 saturated heterocycles. The molecule has 0 aliphatic carbocycles. The van der Waals surface area contributed by atoms with E-state index in [0.29, 0.717) is 36.1 Å². The van der Waals surface area contributed by atoms with Crippen molar-refractivity contribution >= 4 is 42.3 Å². The lowest BCUT2D eigenvalue weighted by atomic mass is 10.0. The van der Waals surface area contributed by atoms with Crippen LogP contribution in [0.4, 0.5) is 0 Å². The standard InChI is InChI=1S/C21H21ClN4O2.2ClH/c22-17-6-2-1-5-16(17)19-14-25-20(28-19)7-8-21(27)26-11-10-24-13-18(26)15-4-3-9-23-12-15;;/h1-6,9,12,14,18,24H,7-8,10-11,13H2;2*1H. The van der Waals surface area contributed by atoms with Crippen LogP contribution in [0.1, 0.15) is 23.9 Å². The third-order valence-corrected chi connectivity index (χ3v) is 5.21. The van der Waals surface area contributed by atoms with Gasteiger partial charge in [0, 0.05) is 50.4 Å². The average Bonchev–Trinajstić information content (AvgIpc) is 3.22. The monoisotopic (exact) mass is 468 g/mol. The number of amides is 1. The number of piperazine rings is 1. The fourth-order valence-corrected chi connectivity index (χ4v) is 3.67. The molecule has 160 valence electrons. The molecule has 3 aromatic rings. The number of oxazole rings is 1. The number of aryl methyl sites for hydroxylation is 1. The van der Waals surface area contributed by atoms with Crippen LogP contribution in [0.5, 0.6) is 0 Å². The van der Waals surface area contributed by atoms with Crippen molar-refractivity contribution < 1.29 is 9.21 Å². The van der Waals surface area contributed by atoms with Crippen LogP contribution in [0.2, 0.25) is 5.02 Å². The van der Waals surface area contributed by atoms with Gasteiger partial charge in [-0.25, -0.2) is 4.98 Å². The fraction of sp³-hybridized carbons (Fsp3) is 0.286. The van der Waals surface area contributed by atoms with Gasteiger partial charge in [-0.2, -0.15) is 0 Å². The van der Waals surface area contributed by atoms with E-state index in [4.69, 9.17) is 16.0 Å². The number of hydrogen-bond acceptors (Lipinski definition) is 5. The van der Waals surface area contributed by atoms with E-state index in [1.54, 1.807) is 12.4 Å². The van der Waals surface area contributed by atoms with Gasteiger partial charge in [-0.1, -0.05) is 29.8 Å². The molecule has 1 aromatic carbocycles. The highest BCUT2D eigenvalue weighted by Crippen LogP contribution is 2.28. The van der Waals surface area contributed by atoms with Crippen molar-refractivity contribution in [3.8, 4) is 11.3 Å². The van der Waals surface area contributed by atoms with Crippen LogP contribution in [-0.2, 0) is 11.2 Å². The topological polar surface area (TPSA) is 71.3 Å². The summed E-state index contributed by atoms with van der Waals surface area (Å²) < 4.78 is 5.81. The van der Waals surface area contributed by atoms with Crippen LogP contribution in [0, 0.1) is 0 Å². The van der Waals surface area contributed by atoms with Gasteiger partial charge in [0.1, 0.15) is 0 Å². The third-order valence-electron chi connectivity index (χ3n) is 4.88. The Morgan fingerprint density at radius 1 is 1.20 bits per heavy atom. The molecule has 1 fully saturated rings. The smallest absolute Gasteiger partial charge is 0.223 e. The van der Waals surface area contributed by atoms with Crippen molar-refractivity contribution in [3.05, 3.63) is 71.5 Å². The molecule has 0 spiro atoms. The molecule has 1 N–H and O–H groups in total. The Labute approximate surface area is 192 Å². The van der Waals surface area contributed by atoms with Crippen LogP contribution < -0.4 is 5.32 Å². The summed E-state index contributed by atoms with van der Waals surface area (Å²) in [5.74, 6) is 1.24. The van der Waals surface area contributed by atoms with E-state index in [2.05, 4.69) is 15.3 Å². The van der Waals surface area contributed by atoms with Gasteiger partial charge >= 0.3 is 0 Å². The first-order valence-corrected chi connectivity index (χ1v) is 9.70. The minimum atomic E-state index is -0.00167. The maximum absolute atomic E-state index is 12.9. The Kier molecular flexibility index (Phi) is 9.11. The van der Waals surface area contributed by atoms with E-state index in [9.17, 15) is 4.79 Å². The Morgan fingerprint density at radius 3 is 2.80 bits per heavy atom. The number of carbonyl (C=O) groups is 1. The number of nitrogens with zero attached hydrogens (tertiary/aromatic N) is 3. The van der Waals surface area contributed by atoms with Crippen molar-refractivity contribution in [2.45, 2.75) is 18.9 Å². The summed E-state index contributed by atoms with van der Waals surface area (Å²) in [4.78, 5) is 23.3. The Morgan fingerprint density at radius 2 is 2.03 bits per heavy atom. The predicted molar refractivity (Wildman–Crippen MR) is 121 cm³/mol. The second kappa shape index (κ2) is 11.3. The van der Waals surface area contributed by atoms with Crippen LogP contribution >= 0.6 is 36.4 Å². The van der Waals surface area contributed by atoms with E-state index in [0.717, 1.165) is 24.2 Å². The van der Waals surface area contributed by atoms with Gasteiger partial charge in [-0.15, -0.1) is 24.8 Å². The maximum Gasteiger partial charge on any atom is 0.223 e. The summed E-state index contributed by atoms with van der Waals surface area (Å²) in [6, 6.07) is 11.4. The molecule has 9 heteroatoms. The van der Waals surface area contributed by atoms with E-state index in [1.807, 2.05) is 47.5 Å². The Hall–Kier alpha value is -2.12. The minimum Gasteiger partial charge on any atom is -0.441 e. The zero-order valence-electron chi connectivity index (χ0n) is 16.2. The number of rotatable bonds is 5. The number of aromatic nitrogens is 2. The molecule has 1 aliphatic heterocycles. The minimum absolute atomic E-state index is 0. The lowest BCUT2D eigenvalue weighted by Crippen LogP contribution is -2.48. The molecule has 0 bridgehead atoms. The van der Waals surface area contributed by atoms with Gasteiger partial charge in [0.2, 0.25) is 5.91 Å². The second-order valence-corrected chi connectivity index (χ2v) is 7.10. The number of benzene rings is 1. The van der Waals surface area contributed by atoms with Crippen molar-refractivity contribution in [1.82, 2.24) is 20.2 Å². The number of halogens is 3. The number of carbonyl (C=O) groups excluding carboxylic acids is 1. The number of hydrogen-bond donors (Lipinski definition) is 1. The van der Waals surface area contributed by atoms with E-state index < -0.39 is 0 Å². The van der Waals surface area contributed by atoms with Crippen LogP contribution in [0.3, 0.4) is 0 Å². The molecule has 1 amide bonds. The van der Waals surface area contributed by atoms with Gasteiger partial charge in [-0.3, -0.25) is 9.78 Å². The summed E-state index contributed by atoms with van der Waals surface area (Å²) in [6.45, 7) is 2.19. The molecular formula is C21H23Cl3N4O2. The van der Waals surface area contributed by atoms with Crippen molar-refractivity contribution in [2.24, 2.45) is 0 Å². The lowest BCUT2D eigenvalue weighted by Gasteiger charge is -2.36. The first-order chi connectivity index (χ1) is 13.7.